The quantitative estimate of drug-likeness (QED) is 0.480. The fourth-order valence-corrected chi connectivity index (χ4v) is 13.7. The minimum atomic E-state index is -0.883. The van der Waals surface area contributed by atoms with E-state index in [9.17, 15) is 19.8 Å². The van der Waals surface area contributed by atoms with Gasteiger partial charge >= 0.3 is 11.9 Å². The maximum atomic E-state index is 12.4. The molecule has 5 nitrogen and oxygen atoms in total. The van der Waals surface area contributed by atoms with Crippen LogP contribution in [0.15, 0.2) is 12.2 Å². The second kappa shape index (κ2) is 6.12. The number of aliphatic carboxylic acids is 2. The fraction of sp³-hybridized carbons (Fsp3) is 0.862. The number of hydrogen-bond acceptors (Lipinski definition) is 3. The van der Waals surface area contributed by atoms with Crippen LogP contribution in [0.25, 0.3) is 0 Å². The number of carboxylic acid groups (broad SMARTS) is 2. The van der Waals surface area contributed by atoms with E-state index in [-0.39, 0.29) is 35.4 Å². The maximum absolute atomic E-state index is 12.4. The van der Waals surface area contributed by atoms with E-state index < -0.39 is 23.8 Å². The lowest BCUT2D eigenvalue weighted by Crippen LogP contribution is -2.61. The second-order valence-electron chi connectivity index (χ2n) is 13.9. The SMILES string of the molecule is O=C(O)C1C2CC(C1C(=O)O)C1C2C2OC1C1(C3CCCCC3)C3CC(C4C5C=CC(C5)C43)C21. The molecule has 2 saturated heterocycles. The zero-order valence-electron chi connectivity index (χ0n) is 19.7. The highest BCUT2D eigenvalue weighted by Gasteiger charge is 2.84. The topological polar surface area (TPSA) is 83.8 Å². The summed E-state index contributed by atoms with van der Waals surface area (Å²) in [6.45, 7) is 0. The average molecular weight is 465 g/mol. The van der Waals surface area contributed by atoms with Crippen molar-refractivity contribution in [3.05, 3.63) is 12.2 Å². The molecule has 0 aromatic heterocycles. The third-order valence-electron chi connectivity index (χ3n) is 13.8. The van der Waals surface area contributed by atoms with Crippen molar-refractivity contribution in [2.45, 2.75) is 63.6 Å². The van der Waals surface area contributed by atoms with Gasteiger partial charge in [-0.3, -0.25) is 9.59 Å². The Morgan fingerprint density at radius 2 is 1.44 bits per heavy atom. The first kappa shape index (κ1) is 19.8. The van der Waals surface area contributed by atoms with Crippen molar-refractivity contribution < 1.29 is 24.5 Å². The Kier molecular flexibility index (Phi) is 3.56. The summed E-state index contributed by atoms with van der Waals surface area (Å²) in [5.74, 6) is 3.45. The van der Waals surface area contributed by atoms with Crippen LogP contribution in [0.1, 0.15) is 51.4 Å². The van der Waals surface area contributed by atoms with Crippen LogP contribution in [0.3, 0.4) is 0 Å². The fourth-order valence-electron chi connectivity index (χ4n) is 13.7. The molecule has 0 aromatic carbocycles. The Hall–Kier alpha value is -1.36. The highest BCUT2D eigenvalue weighted by atomic mass is 16.5. The first-order valence-electron chi connectivity index (χ1n) is 14.3. The van der Waals surface area contributed by atoms with Gasteiger partial charge in [0.25, 0.3) is 0 Å². The Morgan fingerprint density at radius 1 is 0.765 bits per heavy atom. The van der Waals surface area contributed by atoms with Crippen LogP contribution in [0, 0.1) is 88.3 Å². The monoisotopic (exact) mass is 464 g/mol. The van der Waals surface area contributed by atoms with E-state index in [1.54, 1.807) is 0 Å². The molecule has 0 amide bonds. The van der Waals surface area contributed by atoms with Gasteiger partial charge < -0.3 is 14.9 Å². The lowest BCUT2D eigenvalue weighted by atomic mass is 9.43. The molecule has 0 aromatic rings. The van der Waals surface area contributed by atoms with Crippen LogP contribution in [0.2, 0.25) is 0 Å². The molecule has 5 heteroatoms. The van der Waals surface area contributed by atoms with Crippen molar-refractivity contribution in [3.8, 4) is 0 Å². The van der Waals surface area contributed by atoms with E-state index in [1.165, 1.54) is 44.9 Å². The molecule has 7 aliphatic carbocycles. The zero-order chi connectivity index (χ0) is 22.7. The summed E-state index contributed by atoms with van der Waals surface area (Å²) in [7, 11) is 0. The zero-order valence-corrected chi connectivity index (χ0v) is 19.7. The molecule has 8 fully saturated rings. The van der Waals surface area contributed by atoms with Crippen LogP contribution < -0.4 is 0 Å². The summed E-state index contributed by atoms with van der Waals surface area (Å²) in [4.78, 5) is 24.7. The summed E-state index contributed by atoms with van der Waals surface area (Å²) >= 11 is 0. The van der Waals surface area contributed by atoms with Crippen molar-refractivity contribution in [1.82, 2.24) is 0 Å². The number of carboxylic acids is 2. The molecule has 16 unspecified atom stereocenters. The molecular formula is C29H36O5. The molecule has 9 rings (SSSR count). The predicted molar refractivity (Wildman–Crippen MR) is 121 cm³/mol. The summed E-state index contributed by atoms with van der Waals surface area (Å²) < 4.78 is 7.13. The number of ether oxygens (including phenoxy) is 1. The highest BCUT2D eigenvalue weighted by Crippen LogP contribution is 2.84. The molecule has 8 bridgehead atoms. The lowest BCUT2D eigenvalue weighted by Gasteiger charge is -2.59. The lowest BCUT2D eigenvalue weighted by molar-refractivity contribution is -0.164. The van der Waals surface area contributed by atoms with Crippen molar-refractivity contribution >= 4 is 11.9 Å². The first-order valence-corrected chi connectivity index (χ1v) is 14.3. The largest absolute Gasteiger partial charge is 0.481 e. The van der Waals surface area contributed by atoms with E-state index in [0.29, 0.717) is 11.8 Å². The van der Waals surface area contributed by atoms with Crippen molar-refractivity contribution in [2.24, 2.45) is 88.3 Å². The van der Waals surface area contributed by atoms with Gasteiger partial charge in [0.05, 0.1) is 24.0 Å². The molecule has 9 aliphatic rings. The van der Waals surface area contributed by atoms with Gasteiger partial charge in [0.15, 0.2) is 0 Å². The molecule has 182 valence electrons. The first-order chi connectivity index (χ1) is 16.5. The van der Waals surface area contributed by atoms with E-state index in [4.69, 9.17) is 4.74 Å². The van der Waals surface area contributed by atoms with Crippen molar-refractivity contribution in [1.29, 1.82) is 0 Å². The summed E-state index contributed by atoms with van der Waals surface area (Å²) in [6.07, 6.45) is 15.7. The smallest absolute Gasteiger partial charge is 0.307 e. The van der Waals surface area contributed by atoms with E-state index in [1.807, 2.05) is 0 Å². The van der Waals surface area contributed by atoms with E-state index in [0.717, 1.165) is 47.8 Å². The molecule has 0 spiro atoms. The van der Waals surface area contributed by atoms with Crippen molar-refractivity contribution in [2.75, 3.05) is 0 Å². The molecule has 16 atom stereocenters. The second-order valence-corrected chi connectivity index (χ2v) is 13.9. The molecular weight excluding hydrogens is 428 g/mol. The van der Waals surface area contributed by atoms with Gasteiger partial charge in [0.2, 0.25) is 0 Å². The van der Waals surface area contributed by atoms with Gasteiger partial charge in [-0.25, -0.2) is 0 Å². The Bertz CT molecular complexity index is 1010. The third-order valence-corrected chi connectivity index (χ3v) is 13.8. The van der Waals surface area contributed by atoms with Crippen LogP contribution in [0.5, 0.6) is 0 Å². The Balaban J connectivity index is 1.19. The summed E-state index contributed by atoms with van der Waals surface area (Å²) in [5, 5.41) is 20.2. The van der Waals surface area contributed by atoms with Gasteiger partial charge in [-0.05, 0) is 103 Å². The molecule has 2 N–H and O–H groups in total. The molecule has 0 radical (unpaired) electrons. The molecule has 2 heterocycles. The highest BCUT2D eigenvalue weighted by molar-refractivity contribution is 5.82. The predicted octanol–water partition coefficient (Wildman–Crippen LogP) is 4.32. The summed E-state index contributed by atoms with van der Waals surface area (Å²) in [6, 6.07) is 0. The Labute approximate surface area is 200 Å². The van der Waals surface area contributed by atoms with E-state index >= 15 is 0 Å². The number of fused-ring (bicyclic) bond motifs is 23. The minimum Gasteiger partial charge on any atom is -0.481 e. The number of carbonyl (C=O) groups is 2. The van der Waals surface area contributed by atoms with Gasteiger partial charge in [0.1, 0.15) is 0 Å². The standard InChI is InChI=1S/C29H36O5/c30-27(31)22-14-9-15(23(22)28(32)33)21-20(14)25-24-16-10-17(19-12-7-6-11(8-12)18(16)19)29(24,26(21)34-25)13-4-2-1-3-5-13/h6-7,11-26H,1-5,8-10H2,(H,30,31)(H,32,33). The third kappa shape index (κ3) is 1.88. The Morgan fingerprint density at radius 3 is 2.15 bits per heavy atom. The van der Waals surface area contributed by atoms with Crippen LogP contribution in [-0.2, 0) is 14.3 Å². The summed E-state index contributed by atoms with van der Waals surface area (Å²) in [5.41, 5.74) is 0.253. The normalized spacial score (nSPS) is 63.5. The average Bonchev–Trinajstić information content (AvgIpc) is 3.67. The van der Waals surface area contributed by atoms with Gasteiger partial charge in [0, 0.05) is 5.41 Å². The van der Waals surface area contributed by atoms with Crippen LogP contribution >= 0.6 is 0 Å². The van der Waals surface area contributed by atoms with E-state index in [2.05, 4.69) is 12.2 Å². The number of hydrogen-bond donors (Lipinski definition) is 2. The van der Waals surface area contributed by atoms with Crippen molar-refractivity contribution in [3.63, 3.8) is 0 Å². The number of allylic oxidation sites excluding steroid dienone is 2. The maximum Gasteiger partial charge on any atom is 0.307 e. The minimum absolute atomic E-state index is 0.000126. The van der Waals surface area contributed by atoms with Crippen LogP contribution in [-0.4, -0.2) is 34.4 Å². The van der Waals surface area contributed by atoms with Gasteiger partial charge in [-0.1, -0.05) is 31.4 Å². The van der Waals surface area contributed by atoms with Crippen LogP contribution in [0.4, 0.5) is 0 Å². The van der Waals surface area contributed by atoms with Gasteiger partial charge in [-0.15, -0.1) is 0 Å². The van der Waals surface area contributed by atoms with Gasteiger partial charge in [-0.2, -0.15) is 0 Å². The molecule has 6 saturated carbocycles. The number of rotatable bonds is 3. The molecule has 2 aliphatic heterocycles. The molecule has 34 heavy (non-hydrogen) atoms.